The molecule has 1 rings (SSSR count). The lowest BCUT2D eigenvalue weighted by atomic mass is 10.2. The topological polar surface area (TPSA) is 55.8 Å². The highest BCUT2D eigenvalue weighted by molar-refractivity contribution is 5.88. The second-order valence-electron chi connectivity index (χ2n) is 2.97. The molecule has 1 aromatic carbocycles. The van der Waals surface area contributed by atoms with Crippen LogP contribution in [0.4, 0.5) is 0 Å². The van der Waals surface area contributed by atoms with Crippen molar-refractivity contribution in [1.82, 2.24) is 0 Å². The van der Waals surface area contributed by atoms with E-state index in [0.29, 0.717) is 24.5 Å². The van der Waals surface area contributed by atoms with Crippen molar-refractivity contribution in [3.05, 3.63) is 23.8 Å². The molecule has 0 saturated carbocycles. The third-order valence-electron chi connectivity index (χ3n) is 1.91. The van der Waals surface area contributed by atoms with Gasteiger partial charge in [-0.3, -0.25) is 0 Å². The van der Waals surface area contributed by atoms with Crippen LogP contribution < -0.4 is 9.47 Å². The van der Waals surface area contributed by atoms with E-state index < -0.39 is 5.97 Å². The maximum Gasteiger partial charge on any atom is 0.335 e. The van der Waals surface area contributed by atoms with E-state index in [1.807, 2.05) is 0 Å². The average Bonchev–Trinajstić information content (AvgIpc) is 2.29. The van der Waals surface area contributed by atoms with Gasteiger partial charge in [-0.2, -0.15) is 0 Å². The molecule has 4 nitrogen and oxygen atoms in total. The predicted molar refractivity (Wildman–Crippen MR) is 58.9 cm³/mol. The number of benzene rings is 1. The van der Waals surface area contributed by atoms with Crippen LogP contribution in [0.15, 0.2) is 18.2 Å². The molecule has 0 aliphatic carbocycles. The van der Waals surface area contributed by atoms with Gasteiger partial charge in [0.05, 0.1) is 19.3 Å². The van der Waals surface area contributed by atoms with Crippen molar-refractivity contribution in [3.63, 3.8) is 0 Å². The number of aromatic carboxylic acids is 1. The summed E-state index contributed by atoms with van der Waals surface area (Å²) in [6, 6.07) is 4.42. The summed E-state index contributed by atoms with van der Waals surface area (Å²) < 4.78 is 10.4. The fourth-order valence-corrected chi connectivity index (χ4v) is 1.14. The van der Waals surface area contributed by atoms with Crippen LogP contribution in [0.3, 0.4) is 0 Å². The average molecular weight is 220 g/mol. The van der Waals surface area contributed by atoms with Gasteiger partial charge in [0.25, 0.3) is 0 Å². The van der Waals surface area contributed by atoms with Crippen molar-refractivity contribution in [2.24, 2.45) is 0 Å². The van der Waals surface area contributed by atoms with Crippen LogP contribution in [0.2, 0.25) is 0 Å². The summed E-state index contributed by atoms with van der Waals surface area (Å²) in [5.74, 6) is 2.30. The van der Waals surface area contributed by atoms with Gasteiger partial charge in [-0.25, -0.2) is 4.79 Å². The Morgan fingerprint density at radius 2 is 2.25 bits per heavy atom. The Labute approximate surface area is 93.8 Å². The first-order chi connectivity index (χ1) is 7.69. The van der Waals surface area contributed by atoms with Crippen molar-refractivity contribution in [1.29, 1.82) is 0 Å². The van der Waals surface area contributed by atoms with E-state index in [1.165, 1.54) is 19.2 Å². The largest absolute Gasteiger partial charge is 0.493 e. The zero-order valence-corrected chi connectivity index (χ0v) is 8.90. The van der Waals surface area contributed by atoms with Gasteiger partial charge < -0.3 is 14.6 Å². The predicted octanol–water partition coefficient (Wildman–Crippen LogP) is 1.80. The van der Waals surface area contributed by atoms with Gasteiger partial charge in [0, 0.05) is 6.42 Å². The van der Waals surface area contributed by atoms with Gasteiger partial charge in [-0.15, -0.1) is 12.3 Å². The number of hydrogen-bond donors (Lipinski definition) is 1. The molecule has 0 aliphatic rings. The molecule has 0 unspecified atom stereocenters. The highest BCUT2D eigenvalue weighted by Crippen LogP contribution is 2.28. The van der Waals surface area contributed by atoms with Crippen molar-refractivity contribution in [2.75, 3.05) is 13.7 Å². The van der Waals surface area contributed by atoms with Crippen molar-refractivity contribution in [3.8, 4) is 23.8 Å². The Morgan fingerprint density at radius 1 is 1.50 bits per heavy atom. The Hall–Kier alpha value is -2.15. The maximum absolute atomic E-state index is 10.8. The Balaban J connectivity index is 2.89. The Morgan fingerprint density at radius 3 is 2.81 bits per heavy atom. The summed E-state index contributed by atoms with van der Waals surface area (Å²) in [4.78, 5) is 10.8. The van der Waals surface area contributed by atoms with E-state index in [-0.39, 0.29) is 5.56 Å². The summed E-state index contributed by atoms with van der Waals surface area (Å²) >= 11 is 0. The lowest BCUT2D eigenvalue weighted by molar-refractivity contribution is 0.0696. The minimum Gasteiger partial charge on any atom is -0.493 e. The van der Waals surface area contributed by atoms with Crippen LogP contribution in [0, 0.1) is 12.3 Å². The third-order valence-corrected chi connectivity index (χ3v) is 1.91. The fraction of sp³-hybridized carbons (Fsp3) is 0.250. The molecular weight excluding hydrogens is 208 g/mol. The van der Waals surface area contributed by atoms with E-state index in [2.05, 4.69) is 5.92 Å². The minimum absolute atomic E-state index is 0.150. The summed E-state index contributed by atoms with van der Waals surface area (Å²) in [5, 5.41) is 8.82. The molecule has 0 aliphatic heterocycles. The molecule has 1 aromatic rings. The van der Waals surface area contributed by atoms with Crippen LogP contribution in [-0.4, -0.2) is 24.8 Å². The van der Waals surface area contributed by atoms with Crippen LogP contribution in [-0.2, 0) is 0 Å². The number of ether oxygens (including phenoxy) is 2. The summed E-state index contributed by atoms with van der Waals surface area (Å²) in [5.41, 5.74) is 0.150. The zero-order chi connectivity index (χ0) is 12.0. The molecule has 0 heterocycles. The molecule has 4 heteroatoms. The molecule has 84 valence electrons. The molecule has 0 atom stereocenters. The lowest BCUT2D eigenvalue weighted by Gasteiger charge is -2.10. The number of rotatable bonds is 5. The highest BCUT2D eigenvalue weighted by atomic mass is 16.5. The molecule has 0 aromatic heterocycles. The quantitative estimate of drug-likeness (QED) is 0.607. The molecule has 1 N–H and O–H groups in total. The van der Waals surface area contributed by atoms with Crippen LogP contribution in [0.25, 0.3) is 0 Å². The van der Waals surface area contributed by atoms with E-state index in [9.17, 15) is 4.79 Å². The van der Waals surface area contributed by atoms with Crippen molar-refractivity contribution >= 4 is 5.97 Å². The van der Waals surface area contributed by atoms with E-state index in [1.54, 1.807) is 6.07 Å². The molecule has 16 heavy (non-hydrogen) atoms. The molecule has 0 radical (unpaired) electrons. The molecule has 0 bridgehead atoms. The molecule has 0 saturated heterocycles. The Kier molecular flexibility index (Phi) is 4.22. The zero-order valence-electron chi connectivity index (χ0n) is 8.90. The minimum atomic E-state index is -1.01. The first-order valence-electron chi connectivity index (χ1n) is 4.66. The van der Waals surface area contributed by atoms with E-state index in [0.717, 1.165) is 0 Å². The summed E-state index contributed by atoms with van der Waals surface area (Å²) in [6.07, 6.45) is 5.54. The standard InChI is InChI=1S/C12H12O4/c1-3-4-7-16-11-8-9(12(13)14)5-6-10(11)15-2/h1,5-6,8H,4,7H2,2H3,(H,13,14). The normalized spacial score (nSPS) is 9.25. The van der Waals surface area contributed by atoms with Gasteiger partial charge in [0.2, 0.25) is 0 Å². The molecule has 0 fully saturated rings. The number of hydrogen-bond acceptors (Lipinski definition) is 3. The second-order valence-corrected chi connectivity index (χ2v) is 2.97. The maximum atomic E-state index is 10.8. The fourth-order valence-electron chi connectivity index (χ4n) is 1.14. The van der Waals surface area contributed by atoms with Crippen molar-refractivity contribution < 1.29 is 19.4 Å². The second kappa shape index (κ2) is 5.66. The SMILES string of the molecule is C#CCCOc1cc(C(=O)O)ccc1OC. The number of terminal acetylenes is 1. The first kappa shape index (κ1) is 11.9. The van der Waals surface area contributed by atoms with E-state index >= 15 is 0 Å². The number of carboxylic acids is 1. The third kappa shape index (κ3) is 2.92. The number of methoxy groups -OCH3 is 1. The van der Waals surface area contributed by atoms with Crippen LogP contribution in [0.5, 0.6) is 11.5 Å². The number of carbonyl (C=O) groups is 1. The van der Waals surface area contributed by atoms with Crippen molar-refractivity contribution in [2.45, 2.75) is 6.42 Å². The van der Waals surface area contributed by atoms with Crippen LogP contribution in [0.1, 0.15) is 16.8 Å². The summed E-state index contributed by atoms with van der Waals surface area (Å²) in [6.45, 7) is 0.329. The van der Waals surface area contributed by atoms with Crippen LogP contribution >= 0.6 is 0 Å². The summed E-state index contributed by atoms with van der Waals surface area (Å²) in [7, 11) is 1.49. The lowest BCUT2D eigenvalue weighted by Crippen LogP contribution is -2.01. The van der Waals surface area contributed by atoms with Gasteiger partial charge in [0.1, 0.15) is 0 Å². The molecular formula is C12H12O4. The van der Waals surface area contributed by atoms with Gasteiger partial charge in [-0.05, 0) is 18.2 Å². The smallest absolute Gasteiger partial charge is 0.335 e. The molecule has 0 spiro atoms. The molecule has 0 amide bonds. The highest BCUT2D eigenvalue weighted by Gasteiger charge is 2.09. The first-order valence-corrected chi connectivity index (χ1v) is 4.66. The van der Waals surface area contributed by atoms with E-state index in [4.69, 9.17) is 21.0 Å². The monoisotopic (exact) mass is 220 g/mol. The van der Waals surface area contributed by atoms with Gasteiger partial charge in [-0.1, -0.05) is 0 Å². The Bertz CT molecular complexity index is 418. The number of carboxylic acid groups (broad SMARTS) is 1. The van der Waals surface area contributed by atoms with Gasteiger partial charge in [0.15, 0.2) is 11.5 Å². The van der Waals surface area contributed by atoms with Gasteiger partial charge >= 0.3 is 5.97 Å².